The lowest BCUT2D eigenvalue weighted by Gasteiger charge is -2.31. The third-order valence-electron chi connectivity index (χ3n) is 3.76. The minimum absolute atomic E-state index is 0.00505. The molecule has 126 valence electrons. The molecule has 1 aliphatic rings. The summed E-state index contributed by atoms with van der Waals surface area (Å²) in [6.45, 7) is 2.74. The van der Waals surface area contributed by atoms with Gasteiger partial charge in [0.05, 0.1) is 0 Å². The van der Waals surface area contributed by atoms with E-state index in [1.165, 1.54) is 0 Å². The molecule has 2 aromatic rings. The van der Waals surface area contributed by atoms with Crippen LogP contribution < -0.4 is 16.0 Å². The molecular formula is C15H17N5O4. The molecule has 1 fully saturated rings. The van der Waals surface area contributed by atoms with Crippen molar-refractivity contribution >= 4 is 5.91 Å². The molecule has 2 aromatic heterocycles. The molecular weight excluding hydrogens is 314 g/mol. The predicted octanol–water partition coefficient (Wildman–Crippen LogP) is -0.155. The van der Waals surface area contributed by atoms with Gasteiger partial charge >= 0.3 is 5.69 Å². The second-order valence-electron chi connectivity index (χ2n) is 5.55. The normalized spacial score (nSPS) is 15.3. The number of rotatable bonds is 3. The third kappa shape index (κ3) is 3.67. The average Bonchev–Trinajstić information content (AvgIpc) is 2.54. The van der Waals surface area contributed by atoms with Crippen LogP contribution in [0.2, 0.25) is 0 Å². The van der Waals surface area contributed by atoms with Crippen LogP contribution in [0.4, 0.5) is 0 Å². The van der Waals surface area contributed by atoms with E-state index in [9.17, 15) is 14.4 Å². The number of hydrogen-bond donors (Lipinski definition) is 2. The van der Waals surface area contributed by atoms with Crippen molar-refractivity contribution in [1.29, 1.82) is 0 Å². The molecule has 0 spiro atoms. The Hall–Kier alpha value is -2.97. The molecule has 9 nitrogen and oxygen atoms in total. The van der Waals surface area contributed by atoms with E-state index >= 15 is 0 Å². The Morgan fingerprint density at radius 2 is 2.04 bits per heavy atom. The monoisotopic (exact) mass is 331 g/mol. The average molecular weight is 331 g/mol. The molecule has 0 saturated carbocycles. The quantitative estimate of drug-likeness (QED) is 0.806. The van der Waals surface area contributed by atoms with Gasteiger partial charge in [0.25, 0.3) is 11.5 Å². The Bertz CT molecular complexity index is 823. The molecule has 0 aliphatic carbocycles. The lowest BCUT2D eigenvalue weighted by molar-refractivity contribution is 0.0581. The van der Waals surface area contributed by atoms with Crippen LogP contribution in [-0.2, 0) is 0 Å². The fourth-order valence-electron chi connectivity index (χ4n) is 2.60. The highest BCUT2D eigenvalue weighted by molar-refractivity contribution is 5.92. The number of carbonyl (C=O) groups excluding carboxylic acids is 1. The first kappa shape index (κ1) is 15.9. The van der Waals surface area contributed by atoms with Crippen LogP contribution in [0.25, 0.3) is 0 Å². The second-order valence-corrected chi connectivity index (χ2v) is 5.55. The summed E-state index contributed by atoms with van der Waals surface area (Å²) in [7, 11) is 0. The molecule has 2 N–H and O–H groups in total. The van der Waals surface area contributed by atoms with E-state index in [2.05, 4.69) is 15.0 Å². The topological polar surface area (TPSA) is 121 Å². The van der Waals surface area contributed by atoms with Crippen molar-refractivity contribution in [2.75, 3.05) is 13.1 Å². The fourth-order valence-corrected chi connectivity index (χ4v) is 2.60. The van der Waals surface area contributed by atoms with Gasteiger partial charge in [-0.2, -0.15) is 4.98 Å². The highest BCUT2D eigenvalue weighted by atomic mass is 16.5. The minimum Gasteiger partial charge on any atom is -0.474 e. The lowest BCUT2D eigenvalue weighted by atomic mass is 10.1. The molecule has 3 rings (SSSR count). The van der Waals surface area contributed by atoms with Crippen molar-refractivity contribution in [2.24, 2.45) is 0 Å². The summed E-state index contributed by atoms with van der Waals surface area (Å²) in [5.41, 5.74) is -1.29. The zero-order valence-corrected chi connectivity index (χ0v) is 13.1. The Kier molecular flexibility index (Phi) is 4.41. The summed E-state index contributed by atoms with van der Waals surface area (Å²) in [5, 5.41) is 0. The summed E-state index contributed by atoms with van der Waals surface area (Å²) < 4.78 is 5.81. The first-order valence-corrected chi connectivity index (χ1v) is 7.60. The van der Waals surface area contributed by atoms with Crippen LogP contribution in [0.15, 0.2) is 27.9 Å². The van der Waals surface area contributed by atoms with E-state index in [0.29, 0.717) is 37.6 Å². The van der Waals surface area contributed by atoms with Crippen LogP contribution in [-0.4, -0.2) is 49.9 Å². The number of piperidine rings is 1. The number of aromatic nitrogens is 4. The molecule has 9 heteroatoms. The molecule has 0 bridgehead atoms. The van der Waals surface area contributed by atoms with Gasteiger partial charge in [-0.25, -0.2) is 9.78 Å². The van der Waals surface area contributed by atoms with Crippen LogP contribution in [0.1, 0.15) is 29.2 Å². The van der Waals surface area contributed by atoms with Gasteiger partial charge in [0, 0.05) is 44.3 Å². The van der Waals surface area contributed by atoms with Crippen molar-refractivity contribution in [2.45, 2.75) is 25.9 Å². The third-order valence-corrected chi connectivity index (χ3v) is 3.76. The predicted molar refractivity (Wildman–Crippen MR) is 84.0 cm³/mol. The van der Waals surface area contributed by atoms with Gasteiger partial charge in [0.1, 0.15) is 17.6 Å². The van der Waals surface area contributed by atoms with E-state index in [1.54, 1.807) is 24.1 Å². The van der Waals surface area contributed by atoms with Crippen molar-refractivity contribution in [1.82, 2.24) is 24.8 Å². The van der Waals surface area contributed by atoms with E-state index in [1.807, 2.05) is 4.98 Å². The van der Waals surface area contributed by atoms with Gasteiger partial charge in [-0.15, -0.1) is 0 Å². The number of aryl methyl sites for hydroxylation is 1. The summed E-state index contributed by atoms with van der Waals surface area (Å²) in [6.07, 6.45) is 2.88. The van der Waals surface area contributed by atoms with E-state index in [0.717, 1.165) is 6.07 Å². The molecule has 0 atom stereocenters. The zero-order valence-electron chi connectivity index (χ0n) is 13.1. The van der Waals surface area contributed by atoms with Crippen LogP contribution >= 0.6 is 0 Å². The summed E-state index contributed by atoms with van der Waals surface area (Å²) in [5.74, 6) is 0.791. The molecule has 1 saturated heterocycles. The molecule has 0 radical (unpaired) electrons. The highest BCUT2D eigenvalue weighted by Crippen LogP contribution is 2.18. The van der Waals surface area contributed by atoms with Gasteiger partial charge in [-0.05, 0) is 6.92 Å². The zero-order chi connectivity index (χ0) is 17.1. The van der Waals surface area contributed by atoms with Gasteiger partial charge in [-0.1, -0.05) is 0 Å². The van der Waals surface area contributed by atoms with Crippen LogP contribution in [0.5, 0.6) is 5.88 Å². The maximum atomic E-state index is 12.4. The Morgan fingerprint density at radius 1 is 1.29 bits per heavy atom. The number of amides is 1. The number of nitrogens with zero attached hydrogens (tertiary/aromatic N) is 3. The smallest absolute Gasteiger partial charge is 0.326 e. The fraction of sp³-hybridized carbons (Fsp3) is 0.400. The van der Waals surface area contributed by atoms with E-state index in [4.69, 9.17) is 4.74 Å². The van der Waals surface area contributed by atoms with Gasteiger partial charge in [-0.3, -0.25) is 14.6 Å². The van der Waals surface area contributed by atoms with Crippen LogP contribution in [0, 0.1) is 6.92 Å². The van der Waals surface area contributed by atoms with Crippen molar-refractivity contribution < 1.29 is 9.53 Å². The standard InChI is InChI=1S/C15H17N5O4/c1-9-16-5-2-13(17-9)24-10-3-6-20(7-4-10)14(22)11-8-12(21)19-15(23)18-11/h2,5,8,10H,3-4,6-7H2,1H3,(H2,18,19,21,23). The number of nitrogens with one attached hydrogen (secondary N) is 2. The van der Waals surface area contributed by atoms with Crippen molar-refractivity contribution in [3.63, 3.8) is 0 Å². The summed E-state index contributed by atoms with van der Waals surface area (Å²) in [4.78, 5) is 49.1. The minimum atomic E-state index is -0.691. The van der Waals surface area contributed by atoms with E-state index < -0.39 is 11.2 Å². The first-order chi connectivity index (χ1) is 11.5. The maximum absolute atomic E-state index is 12.4. The van der Waals surface area contributed by atoms with E-state index in [-0.39, 0.29) is 17.7 Å². The molecule has 0 unspecified atom stereocenters. The lowest BCUT2D eigenvalue weighted by Crippen LogP contribution is -2.43. The maximum Gasteiger partial charge on any atom is 0.326 e. The number of likely N-dealkylation sites (tertiary alicyclic amines) is 1. The number of hydrogen-bond acceptors (Lipinski definition) is 6. The summed E-state index contributed by atoms with van der Waals surface area (Å²) >= 11 is 0. The molecule has 1 amide bonds. The van der Waals surface area contributed by atoms with Crippen molar-refractivity contribution in [3.05, 3.63) is 50.7 Å². The number of H-pyrrole nitrogens is 2. The van der Waals surface area contributed by atoms with Gasteiger partial charge in [0.2, 0.25) is 5.88 Å². The van der Waals surface area contributed by atoms with Gasteiger partial charge < -0.3 is 14.6 Å². The molecule has 24 heavy (non-hydrogen) atoms. The largest absolute Gasteiger partial charge is 0.474 e. The number of ether oxygens (including phenoxy) is 1. The Morgan fingerprint density at radius 3 is 2.71 bits per heavy atom. The van der Waals surface area contributed by atoms with Gasteiger partial charge in [0.15, 0.2) is 0 Å². The first-order valence-electron chi connectivity index (χ1n) is 7.60. The number of aromatic amines is 2. The summed E-state index contributed by atoms with van der Waals surface area (Å²) in [6, 6.07) is 2.79. The molecule has 0 aromatic carbocycles. The van der Waals surface area contributed by atoms with Crippen LogP contribution in [0.3, 0.4) is 0 Å². The SMILES string of the molecule is Cc1nccc(OC2CCN(C(=O)c3cc(=O)[nH]c(=O)[nH]3)CC2)n1. The Balaban J connectivity index is 1.61. The Labute approximate surface area is 136 Å². The second kappa shape index (κ2) is 6.65. The molecule has 3 heterocycles. The highest BCUT2D eigenvalue weighted by Gasteiger charge is 2.25. The molecule has 1 aliphatic heterocycles. The van der Waals surface area contributed by atoms with Crippen molar-refractivity contribution in [3.8, 4) is 5.88 Å². The number of carbonyl (C=O) groups is 1.